The molecule has 282 valence electrons. The number of nitrogens with zero attached hydrogens (tertiary/aromatic N) is 6. The van der Waals surface area contributed by atoms with Gasteiger partial charge in [-0.15, -0.1) is 0 Å². The molecule has 54 heavy (non-hydrogen) atoms. The first-order chi connectivity index (χ1) is 26.2. The molecule has 0 saturated carbocycles. The van der Waals surface area contributed by atoms with Gasteiger partial charge < -0.3 is 36.6 Å². The number of rotatable bonds is 9. The fraction of sp³-hybridized carbons (Fsp3) is 0.425. The van der Waals surface area contributed by atoms with E-state index < -0.39 is 6.04 Å². The number of piperidine rings is 2. The van der Waals surface area contributed by atoms with E-state index >= 15 is 0 Å². The number of imide groups is 1. The van der Waals surface area contributed by atoms with Gasteiger partial charge in [-0.2, -0.15) is 0 Å². The highest BCUT2D eigenvalue weighted by Gasteiger charge is 2.39. The molecule has 3 amide bonds. The van der Waals surface area contributed by atoms with Gasteiger partial charge in [0.2, 0.25) is 17.8 Å². The van der Waals surface area contributed by atoms with Crippen LogP contribution in [0.5, 0.6) is 5.75 Å². The van der Waals surface area contributed by atoms with Gasteiger partial charge in [-0.3, -0.25) is 24.6 Å². The SMILES string of the molecule is NC1=C(/C=C(\N)c2ccccc2O)N2CCN(c3ncc(CCC4CCN(Cc5ccc6c(c5)CN(C5CCC(=O)NC5=O)C6=O)CC4)cn3)CC2CN1. The first-order valence-electron chi connectivity index (χ1n) is 19.0. The molecule has 8 rings (SSSR count). The van der Waals surface area contributed by atoms with Crippen molar-refractivity contribution in [1.82, 2.24) is 35.3 Å². The van der Waals surface area contributed by atoms with Gasteiger partial charge in [0.1, 0.15) is 17.6 Å². The van der Waals surface area contributed by atoms with E-state index in [0.29, 0.717) is 48.1 Å². The highest BCUT2D eigenvalue weighted by molar-refractivity contribution is 6.05. The average molecular weight is 733 g/mol. The lowest BCUT2D eigenvalue weighted by molar-refractivity contribution is -0.136. The third kappa shape index (κ3) is 7.30. The molecule has 5 aliphatic heterocycles. The van der Waals surface area contributed by atoms with Crippen molar-refractivity contribution in [2.75, 3.05) is 44.2 Å². The van der Waals surface area contributed by atoms with Crippen LogP contribution in [0.1, 0.15) is 64.7 Å². The Labute approximate surface area is 314 Å². The number of benzene rings is 2. The number of nitrogens with two attached hydrogens (primary N) is 2. The Morgan fingerprint density at radius 1 is 0.963 bits per heavy atom. The van der Waals surface area contributed by atoms with Gasteiger partial charge in [0.15, 0.2) is 0 Å². The maximum absolute atomic E-state index is 13.1. The number of fused-ring (bicyclic) bond motifs is 2. The summed E-state index contributed by atoms with van der Waals surface area (Å²) >= 11 is 0. The maximum Gasteiger partial charge on any atom is 0.255 e. The summed E-state index contributed by atoms with van der Waals surface area (Å²) in [6, 6.07) is 12.6. The molecule has 3 saturated heterocycles. The number of carbonyl (C=O) groups is 3. The molecule has 3 aromatic rings. The van der Waals surface area contributed by atoms with Crippen LogP contribution in [0, 0.1) is 5.92 Å². The van der Waals surface area contributed by atoms with Gasteiger partial charge in [0.05, 0.1) is 11.7 Å². The van der Waals surface area contributed by atoms with E-state index in [9.17, 15) is 19.5 Å². The number of phenols is 1. The smallest absolute Gasteiger partial charge is 0.255 e. The molecule has 14 heteroatoms. The summed E-state index contributed by atoms with van der Waals surface area (Å²) in [6.07, 6.45) is 10.7. The van der Waals surface area contributed by atoms with Crippen molar-refractivity contribution in [1.29, 1.82) is 0 Å². The molecule has 2 aromatic carbocycles. The van der Waals surface area contributed by atoms with E-state index in [0.717, 1.165) is 87.7 Å². The number of aryl methyl sites for hydroxylation is 1. The second-order valence-corrected chi connectivity index (χ2v) is 15.1. The molecule has 3 fully saturated rings. The number of nitrogens with one attached hydrogen (secondary N) is 2. The maximum atomic E-state index is 13.1. The molecule has 2 unspecified atom stereocenters. The van der Waals surface area contributed by atoms with Gasteiger partial charge in [0, 0.05) is 74.9 Å². The molecule has 0 radical (unpaired) electrons. The standard InChI is InChI=1S/C40H48N10O4/c41-32(31-3-1-2-4-35(31)51)18-34-37(42)43-21-29-24-48(15-16-49(29)34)40-44-19-27(20-45-40)6-5-25-11-13-47(14-12-25)22-26-7-8-30-28(17-26)23-50(39(30)54)33-9-10-36(52)46-38(33)53/h1-4,7-8,17-20,25,29,33,43,51H,5-6,9-16,21-24,41-42H2,(H,46,52,53)/b32-18-. The summed E-state index contributed by atoms with van der Waals surface area (Å²) in [6.45, 7) is 6.23. The second kappa shape index (κ2) is 15.0. The lowest BCUT2D eigenvalue weighted by Crippen LogP contribution is -2.59. The summed E-state index contributed by atoms with van der Waals surface area (Å²) in [7, 11) is 0. The van der Waals surface area contributed by atoms with Gasteiger partial charge in [0.25, 0.3) is 5.91 Å². The molecular formula is C40H48N10O4. The lowest BCUT2D eigenvalue weighted by atomic mass is 9.91. The fourth-order valence-corrected chi connectivity index (χ4v) is 8.53. The summed E-state index contributed by atoms with van der Waals surface area (Å²) < 4.78 is 0. The zero-order chi connectivity index (χ0) is 37.3. The minimum absolute atomic E-state index is 0.132. The number of phenolic OH excluding ortho intramolecular Hbond substituents is 1. The predicted octanol–water partition coefficient (Wildman–Crippen LogP) is 2.01. The van der Waals surface area contributed by atoms with Gasteiger partial charge in [-0.25, -0.2) is 9.97 Å². The number of likely N-dealkylation sites (tertiary alicyclic amines) is 1. The normalized spacial score (nSPS) is 22.6. The third-order valence-electron chi connectivity index (χ3n) is 11.6. The average Bonchev–Trinajstić information content (AvgIpc) is 3.50. The highest BCUT2D eigenvalue weighted by Crippen LogP contribution is 2.31. The van der Waals surface area contributed by atoms with Crippen LogP contribution < -0.4 is 27.0 Å². The minimum atomic E-state index is -0.592. The Hall–Kier alpha value is -5.63. The predicted molar refractivity (Wildman–Crippen MR) is 203 cm³/mol. The Morgan fingerprint density at radius 3 is 2.54 bits per heavy atom. The molecule has 7 N–H and O–H groups in total. The summed E-state index contributed by atoms with van der Waals surface area (Å²) in [5.41, 5.74) is 18.6. The van der Waals surface area contributed by atoms with Crippen molar-refractivity contribution in [3.63, 3.8) is 0 Å². The summed E-state index contributed by atoms with van der Waals surface area (Å²) in [4.78, 5) is 55.2. The van der Waals surface area contributed by atoms with E-state index in [4.69, 9.17) is 21.4 Å². The van der Waals surface area contributed by atoms with E-state index in [-0.39, 0.29) is 35.9 Å². The Bertz CT molecular complexity index is 1990. The highest BCUT2D eigenvalue weighted by atomic mass is 16.3. The molecule has 6 heterocycles. The first kappa shape index (κ1) is 35.4. The van der Waals surface area contributed by atoms with Crippen LogP contribution in [-0.4, -0.2) is 98.8 Å². The van der Waals surface area contributed by atoms with Crippen molar-refractivity contribution in [3.8, 4) is 5.75 Å². The van der Waals surface area contributed by atoms with Crippen LogP contribution in [-0.2, 0) is 29.1 Å². The number of aromatic hydroxyl groups is 1. The minimum Gasteiger partial charge on any atom is -0.507 e. The van der Waals surface area contributed by atoms with Crippen LogP contribution in [0.15, 0.2) is 72.5 Å². The van der Waals surface area contributed by atoms with E-state index in [2.05, 4.69) is 31.4 Å². The van der Waals surface area contributed by atoms with Crippen LogP contribution in [0.4, 0.5) is 5.95 Å². The van der Waals surface area contributed by atoms with Gasteiger partial charge in [-0.1, -0.05) is 24.3 Å². The largest absolute Gasteiger partial charge is 0.507 e. The van der Waals surface area contributed by atoms with Crippen molar-refractivity contribution in [2.24, 2.45) is 17.4 Å². The molecule has 0 aliphatic carbocycles. The van der Waals surface area contributed by atoms with E-state index in [1.807, 2.05) is 36.7 Å². The number of para-hydroxylation sites is 1. The Kier molecular flexibility index (Phi) is 9.84. The molecule has 0 spiro atoms. The quantitative estimate of drug-likeness (QED) is 0.202. The van der Waals surface area contributed by atoms with E-state index in [1.54, 1.807) is 23.1 Å². The van der Waals surface area contributed by atoms with Crippen molar-refractivity contribution in [2.45, 2.75) is 63.7 Å². The molecule has 14 nitrogen and oxygen atoms in total. The first-order valence-corrected chi connectivity index (χ1v) is 19.0. The topological polar surface area (TPSA) is 186 Å². The zero-order valence-corrected chi connectivity index (χ0v) is 30.4. The fourth-order valence-electron chi connectivity index (χ4n) is 8.53. The van der Waals surface area contributed by atoms with E-state index in [1.165, 1.54) is 5.56 Å². The monoisotopic (exact) mass is 732 g/mol. The zero-order valence-electron chi connectivity index (χ0n) is 30.4. The number of aromatic nitrogens is 2. The summed E-state index contributed by atoms with van der Waals surface area (Å²) in [5.74, 6) is 1.30. The molecular weight excluding hydrogens is 685 g/mol. The summed E-state index contributed by atoms with van der Waals surface area (Å²) in [5, 5.41) is 16.0. The van der Waals surface area contributed by atoms with Crippen LogP contribution >= 0.6 is 0 Å². The van der Waals surface area contributed by atoms with Crippen LogP contribution in [0.2, 0.25) is 0 Å². The number of amides is 3. The lowest BCUT2D eigenvalue weighted by Gasteiger charge is -2.46. The van der Waals surface area contributed by atoms with Gasteiger partial charge >= 0.3 is 0 Å². The number of hydrogen-bond acceptors (Lipinski definition) is 12. The molecule has 5 aliphatic rings. The van der Waals surface area contributed by atoms with Gasteiger partial charge in [-0.05, 0) is 92.1 Å². The number of piperazine rings is 1. The molecule has 2 atom stereocenters. The van der Waals surface area contributed by atoms with Crippen molar-refractivity contribution < 1.29 is 19.5 Å². The van der Waals surface area contributed by atoms with Crippen LogP contribution in [0.25, 0.3) is 5.70 Å². The number of hydrogen-bond donors (Lipinski definition) is 5. The van der Waals surface area contributed by atoms with Crippen molar-refractivity contribution >= 4 is 29.4 Å². The number of carbonyl (C=O) groups excluding carboxylic acids is 3. The van der Waals surface area contributed by atoms with Crippen molar-refractivity contribution in [3.05, 3.63) is 100 Å². The second-order valence-electron chi connectivity index (χ2n) is 15.1. The number of anilines is 1. The third-order valence-corrected chi connectivity index (χ3v) is 11.6. The molecule has 0 bridgehead atoms. The van der Waals surface area contributed by atoms with Crippen LogP contribution in [0.3, 0.4) is 0 Å². The number of allylic oxidation sites excluding steroid dienone is 1. The Morgan fingerprint density at radius 2 is 1.76 bits per heavy atom. The molecule has 1 aromatic heterocycles. The Balaban J connectivity index is 0.793.